The molecule has 0 spiro atoms. The summed E-state index contributed by atoms with van der Waals surface area (Å²) in [6.45, 7) is 4.01. The van der Waals surface area contributed by atoms with Crippen molar-refractivity contribution in [3.63, 3.8) is 0 Å². The monoisotopic (exact) mass is 487 g/mol. The normalized spacial score (nSPS) is 15.3. The van der Waals surface area contributed by atoms with Crippen LogP contribution < -0.4 is 21.5 Å². The van der Waals surface area contributed by atoms with Crippen molar-refractivity contribution in [1.29, 1.82) is 0 Å². The van der Waals surface area contributed by atoms with Crippen LogP contribution in [-0.4, -0.2) is 27.0 Å². The van der Waals surface area contributed by atoms with Crippen LogP contribution in [0.3, 0.4) is 0 Å². The van der Waals surface area contributed by atoms with Crippen LogP contribution in [0.5, 0.6) is 0 Å². The van der Waals surface area contributed by atoms with Crippen LogP contribution in [0.15, 0.2) is 51.4 Å². The number of aryl methyl sites for hydroxylation is 1. The molecule has 0 saturated heterocycles. The van der Waals surface area contributed by atoms with Crippen LogP contribution in [0.4, 0.5) is 11.4 Å². The maximum atomic E-state index is 13.4. The summed E-state index contributed by atoms with van der Waals surface area (Å²) < 4.78 is 1.41. The third-order valence-corrected chi connectivity index (χ3v) is 7.85. The second-order valence-electron chi connectivity index (χ2n) is 9.11. The van der Waals surface area contributed by atoms with Crippen molar-refractivity contribution in [3.8, 4) is 0 Å². The topological polar surface area (TPSA) is 100 Å². The number of amides is 1. The zero-order chi connectivity index (χ0) is 24.1. The summed E-state index contributed by atoms with van der Waals surface area (Å²) in [6, 6.07) is 11.7. The number of rotatable bonds is 5. The molecule has 8 nitrogen and oxygen atoms in total. The highest BCUT2D eigenvalue weighted by atomic mass is 32.1. The first-order valence-electron chi connectivity index (χ1n) is 11.9. The van der Waals surface area contributed by atoms with Gasteiger partial charge in [0.05, 0.1) is 10.9 Å². The van der Waals surface area contributed by atoms with Crippen molar-refractivity contribution < 1.29 is 4.79 Å². The summed E-state index contributed by atoms with van der Waals surface area (Å²) in [5.74, 6) is -0.127. The minimum atomic E-state index is -0.594. The Bertz CT molecular complexity index is 1560. The van der Waals surface area contributed by atoms with Gasteiger partial charge in [0.1, 0.15) is 0 Å². The summed E-state index contributed by atoms with van der Waals surface area (Å²) in [6.07, 6.45) is 3.02. The van der Waals surface area contributed by atoms with Gasteiger partial charge in [-0.15, -0.1) is 11.3 Å². The highest BCUT2D eigenvalue weighted by Crippen LogP contribution is 2.40. The smallest absolute Gasteiger partial charge is 0.329 e. The number of fused-ring (bicyclic) bond motifs is 2. The second kappa shape index (κ2) is 8.49. The molecule has 9 heteroatoms. The number of benzene rings is 1. The predicted octanol–water partition coefficient (Wildman–Crippen LogP) is 3.86. The summed E-state index contributed by atoms with van der Waals surface area (Å²) in [4.78, 5) is 49.2. The summed E-state index contributed by atoms with van der Waals surface area (Å²) in [5, 5.41) is 5.23. The molecule has 35 heavy (non-hydrogen) atoms. The van der Waals surface area contributed by atoms with Gasteiger partial charge in [0.15, 0.2) is 5.65 Å². The molecule has 2 aliphatic rings. The Morgan fingerprint density at radius 3 is 2.74 bits per heavy atom. The Kier molecular flexibility index (Phi) is 5.29. The highest BCUT2D eigenvalue weighted by Gasteiger charge is 2.28. The van der Waals surface area contributed by atoms with Crippen LogP contribution in [0.25, 0.3) is 11.0 Å². The maximum Gasteiger partial charge on any atom is 0.329 e. The first-order chi connectivity index (χ1) is 17.0. The van der Waals surface area contributed by atoms with E-state index in [-0.39, 0.29) is 28.4 Å². The lowest BCUT2D eigenvalue weighted by molar-refractivity contribution is 0.102. The Morgan fingerprint density at radius 2 is 2.00 bits per heavy atom. The van der Waals surface area contributed by atoms with E-state index in [9.17, 15) is 14.4 Å². The zero-order valence-electron chi connectivity index (χ0n) is 19.3. The Balaban J connectivity index is 1.31. The van der Waals surface area contributed by atoms with Gasteiger partial charge < -0.3 is 10.2 Å². The quantitative estimate of drug-likeness (QED) is 0.445. The summed E-state index contributed by atoms with van der Waals surface area (Å²) in [5.41, 5.74) is 3.28. The molecule has 0 atom stereocenters. The lowest BCUT2D eigenvalue weighted by atomic mass is 10.1. The van der Waals surface area contributed by atoms with E-state index < -0.39 is 11.2 Å². The third kappa shape index (κ3) is 3.95. The Hall–Kier alpha value is -3.72. The molecule has 0 unspecified atom stereocenters. The number of nitrogens with zero attached hydrogens (tertiary/aromatic N) is 3. The predicted molar refractivity (Wildman–Crippen MR) is 138 cm³/mol. The standard InChI is InChI=1S/C26H25N5O3S/c1-2-31-23-22(25(33)29-26(31)34)19(13-20(28-23)15-3-4-15)24(32)27-17-5-7-18(8-6-17)30-11-9-21-16(14-30)10-12-35-21/h5-8,10,12-13,15H,2-4,9,11,14H2,1H3,(H,27,32)(H,29,33,34). The van der Waals surface area contributed by atoms with E-state index >= 15 is 0 Å². The lowest BCUT2D eigenvalue weighted by Gasteiger charge is -2.29. The van der Waals surface area contributed by atoms with Crippen molar-refractivity contribution in [3.05, 3.63) is 84.3 Å². The molecule has 0 radical (unpaired) electrons. The van der Waals surface area contributed by atoms with Gasteiger partial charge in [0, 0.05) is 47.5 Å². The molecule has 178 valence electrons. The van der Waals surface area contributed by atoms with Gasteiger partial charge in [-0.1, -0.05) is 0 Å². The molecule has 6 rings (SSSR count). The van der Waals surface area contributed by atoms with Gasteiger partial charge in [0.2, 0.25) is 0 Å². The fourth-order valence-corrected chi connectivity index (χ4v) is 5.67. The minimum Gasteiger partial charge on any atom is -0.367 e. The Morgan fingerprint density at radius 1 is 1.20 bits per heavy atom. The van der Waals surface area contributed by atoms with Gasteiger partial charge in [0.25, 0.3) is 11.5 Å². The van der Waals surface area contributed by atoms with Crippen LogP contribution >= 0.6 is 11.3 Å². The van der Waals surface area contributed by atoms with E-state index in [4.69, 9.17) is 0 Å². The second-order valence-corrected chi connectivity index (χ2v) is 10.1. The number of thiophene rings is 1. The third-order valence-electron chi connectivity index (χ3n) is 6.82. The van der Waals surface area contributed by atoms with E-state index in [2.05, 4.69) is 31.6 Å². The van der Waals surface area contributed by atoms with Gasteiger partial charge >= 0.3 is 5.69 Å². The number of nitrogens with one attached hydrogen (secondary N) is 2. The SMILES string of the molecule is CCn1c(=O)[nH]c(=O)c2c(C(=O)Nc3ccc(N4CCc5sccc5C4)cc3)cc(C3CC3)nc21. The van der Waals surface area contributed by atoms with Crippen molar-refractivity contribution >= 4 is 39.7 Å². The zero-order valence-corrected chi connectivity index (χ0v) is 20.2. The van der Waals surface area contributed by atoms with E-state index in [1.165, 1.54) is 15.0 Å². The van der Waals surface area contributed by atoms with Crippen molar-refractivity contribution in [2.45, 2.75) is 45.2 Å². The van der Waals surface area contributed by atoms with E-state index in [1.807, 2.05) is 42.5 Å². The van der Waals surface area contributed by atoms with E-state index in [0.29, 0.717) is 12.2 Å². The minimum absolute atomic E-state index is 0.143. The number of anilines is 2. The van der Waals surface area contributed by atoms with E-state index in [0.717, 1.165) is 43.7 Å². The Labute approximate surface area is 205 Å². The number of carbonyl (C=O) groups excluding carboxylic acids is 1. The number of carbonyl (C=O) groups is 1. The number of pyridine rings is 1. The molecule has 4 heterocycles. The number of H-pyrrole nitrogens is 1. The summed E-state index contributed by atoms with van der Waals surface area (Å²) in [7, 11) is 0. The maximum absolute atomic E-state index is 13.4. The number of hydrogen-bond acceptors (Lipinski definition) is 6. The molecule has 1 aliphatic carbocycles. The molecule has 3 aromatic heterocycles. The molecular weight excluding hydrogens is 462 g/mol. The number of hydrogen-bond donors (Lipinski definition) is 2. The van der Waals surface area contributed by atoms with Gasteiger partial charge in [-0.05, 0) is 73.5 Å². The number of aromatic nitrogens is 3. The van der Waals surface area contributed by atoms with Crippen LogP contribution in [-0.2, 0) is 19.5 Å². The van der Waals surface area contributed by atoms with Crippen LogP contribution in [0.1, 0.15) is 52.2 Å². The lowest BCUT2D eigenvalue weighted by Crippen LogP contribution is -2.32. The first kappa shape index (κ1) is 21.8. The number of aromatic amines is 1. The average Bonchev–Trinajstić information content (AvgIpc) is 3.61. The van der Waals surface area contributed by atoms with Crippen molar-refractivity contribution in [2.75, 3.05) is 16.8 Å². The molecular formula is C26H25N5O3S. The molecule has 1 fully saturated rings. The molecule has 0 bridgehead atoms. The van der Waals surface area contributed by atoms with Crippen molar-refractivity contribution in [1.82, 2.24) is 14.5 Å². The molecule has 1 amide bonds. The van der Waals surface area contributed by atoms with Gasteiger partial charge in [-0.25, -0.2) is 9.78 Å². The molecule has 4 aromatic rings. The fourth-order valence-electron chi connectivity index (χ4n) is 4.78. The van der Waals surface area contributed by atoms with E-state index in [1.54, 1.807) is 6.07 Å². The van der Waals surface area contributed by atoms with Crippen molar-refractivity contribution in [2.24, 2.45) is 0 Å². The van der Waals surface area contributed by atoms with Gasteiger partial charge in [-0.2, -0.15) is 0 Å². The van der Waals surface area contributed by atoms with Crippen LogP contribution in [0, 0.1) is 0 Å². The first-order valence-corrected chi connectivity index (χ1v) is 12.8. The van der Waals surface area contributed by atoms with Crippen LogP contribution in [0.2, 0.25) is 0 Å². The summed E-state index contributed by atoms with van der Waals surface area (Å²) >= 11 is 1.82. The average molecular weight is 488 g/mol. The molecule has 1 aliphatic heterocycles. The highest BCUT2D eigenvalue weighted by molar-refractivity contribution is 7.10. The fraction of sp³-hybridized carbons (Fsp3) is 0.308. The molecule has 2 N–H and O–H groups in total. The molecule has 1 aromatic carbocycles. The largest absolute Gasteiger partial charge is 0.367 e. The molecule has 1 saturated carbocycles. The van der Waals surface area contributed by atoms with Gasteiger partial charge in [-0.3, -0.25) is 19.1 Å².